The standard InChI is InChI=1S/C22H18BrClO3.Na.H/c23-20-13-19(24)12-18(21(20)27-14-16-4-2-1-3-5-16)11-8-15-6-9-17(10-7-15)22(25)26;;/h1-7,9-10,12-13H,8,11,14H2,(H,25,26);;. The summed E-state index contributed by atoms with van der Waals surface area (Å²) >= 11 is 9.77. The van der Waals surface area contributed by atoms with Crippen LogP contribution in [0, 0.1) is 0 Å². The molecule has 0 heterocycles. The molecule has 0 fully saturated rings. The van der Waals surface area contributed by atoms with Crippen LogP contribution < -0.4 is 4.74 Å². The van der Waals surface area contributed by atoms with Gasteiger partial charge in [0.25, 0.3) is 0 Å². The van der Waals surface area contributed by atoms with Crippen LogP contribution in [0.1, 0.15) is 27.0 Å². The SMILES string of the molecule is O=C(O)c1ccc(CCc2cc(Cl)cc(Br)c2OCc2ccccc2)cc1.[NaH]. The molecule has 0 bridgehead atoms. The second-order valence-electron chi connectivity index (χ2n) is 6.15. The quantitative estimate of drug-likeness (QED) is 0.464. The Morgan fingerprint density at radius 2 is 1.64 bits per heavy atom. The van der Waals surface area contributed by atoms with Gasteiger partial charge in [0.1, 0.15) is 12.4 Å². The molecular formula is C22H19BrClNaO3. The predicted molar refractivity (Wildman–Crippen MR) is 118 cm³/mol. The van der Waals surface area contributed by atoms with Crippen molar-refractivity contribution >= 4 is 63.1 Å². The molecule has 3 aromatic rings. The number of hydrogen-bond donors (Lipinski definition) is 1. The summed E-state index contributed by atoms with van der Waals surface area (Å²) in [5.41, 5.74) is 3.45. The van der Waals surface area contributed by atoms with Crippen molar-refractivity contribution in [1.29, 1.82) is 0 Å². The Kier molecular flexibility index (Phi) is 9.06. The molecule has 1 N–H and O–H groups in total. The number of hydrogen-bond acceptors (Lipinski definition) is 2. The molecule has 0 atom stereocenters. The van der Waals surface area contributed by atoms with Crippen LogP contribution in [0.15, 0.2) is 71.2 Å². The summed E-state index contributed by atoms with van der Waals surface area (Å²) in [6, 6.07) is 20.7. The van der Waals surface area contributed by atoms with Gasteiger partial charge in [-0.05, 0) is 69.7 Å². The van der Waals surface area contributed by atoms with E-state index in [1.54, 1.807) is 12.1 Å². The van der Waals surface area contributed by atoms with Gasteiger partial charge in [-0.3, -0.25) is 0 Å². The number of carbonyl (C=O) groups is 1. The van der Waals surface area contributed by atoms with Crippen molar-refractivity contribution in [2.75, 3.05) is 0 Å². The van der Waals surface area contributed by atoms with Crippen molar-refractivity contribution in [2.24, 2.45) is 0 Å². The minimum atomic E-state index is -0.920. The number of benzene rings is 3. The van der Waals surface area contributed by atoms with Gasteiger partial charge >= 0.3 is 35.5 Å². The first-order valence-electron chi connectivity index (χ1n) is 8.50. The number of halogens is 2. The molecule has 140 valence electrons. The molecule has 28 heavy (non-hydrogen) atoms. The van der Waals surface area contributed by atoms with E-state index < -0.39 is 5.97 Å². The molecular weight excluding hydrogens is 451 g/mol. The second-order valence-corrected chi connectivity index (χ2v) is 7.44. The van der Waals surface area contributed by atoms with Crippen LogP contribution in [0.5, 0.6) is 5.75 Å². The third-order valence-corrected chi connectivity index (χ3v) is 5.00. The number of carboxylic acid groups (broad SMARTS) is 1. The zero-order valence-electron chi connectivity index (χ0n) is 14.5. The molecule has 0 aliphatic heterocycles. The van der Waals surface area contributed by atoms with Gasteiger partial charge in [-0.2, -0.15) is 0 Å². The molecule has 0 aliphatic rings. The first-order valence-corrected chi connectivity index (χ1v) is 9.67. The van der Waals surface area contributed by atoms with Crippen LogP contribution in [-0.4, -0.2) is 40.6 Å². The first-order chi connectivity index (χ1) is 13.0. The van der Waals surface area contributed by atoms with Crippen LogP contribution in [0.3, 0.4) is 0 Å². The topological polar surface area (TPSA) is 46.5 Å². The number of aromatic carboxylic acids is 1. The normalized spacial score (nSPS) is 10.2. The molecule has 0 amide bonds. The number of rotatable bonds is 7. The minimum absolute atomic E-state index is 0. The van der Waals surface area contributed by atoms with E-state index in [9.17, 15) is 4.79 Å². The van der Waals surface area contributed by atoms with Gasteiger partial charge in [0.2, 0.25) is 0 Å². The molecule has 0 saturated carbocycles. The van der Waals surface area contributed by atoms with E-state index in [1.807, 2.05) is 54.6 Å². The molecule has 0 aromatic heterocycles. The molecule has 0 spiro atoms. The van der Waals surface area contributed by atoms with Gasteiger partial charge < -0.3 is 9.84 Å². The molecule has 6 heteroatoms. The van der Waals surface area contributed by atoms with Crippen molar-refractivity contribution in [3.63, 3.8) is 0 Å². The van der Waals surface area contributed by atoms with Gasteiger partial charge in [-0.15, -0.1) is 0 Å². The van der Waals surface area contributed by atoms with Crippen molar-refractivity contribution in [3.8, 4) is 5.75 Å². The summed E-state index contributed by atoms with van der Waals surface area (Å²) in [7, 11) is 0. The van der Waals surface area contributed by atoms with Crippen LogP contribution >= 0.6 is 27.5 Å². The molecule has 0 saturated heterocycles. The Morgan fingerprint density at radius 3 is 2.29 bits per heavy atom. The first kappa shape index (κ1) is 23.0. The van der Waals surface area contributed by atoms with E-state index in [2.05, 4.69) is 15.9 Å². The van der Waals surface area contributed by atoms with Gasteiger partial charge in [0.05, 0.1) is 10.0 Å². The van der Waals surface area contributed by atoms with Gasteiger partial charge in [-0.1, -0.05) is 54.1 Å². The fourth-order valence-electron chi connectivity index (χ4n) is 2.78. The summed E-state index contributed by atoms with van der Waals surface area (Å²) in [5, 5.41) is 9.64. The zero-order valence-corrected chi connectivity index (χ0v) is 16.8. The molecule has 3 aromatic carbocycles. The van der Waals surface area contributed by atoms with Crippen LogP contribution in [0.25, 0.3) is 0 Å². The summed E-state index contributed by atoms with van der Waals surface area (Å²) in [4.78, 5) is 11.0. The van der Waals surface area contributed by atoms with Crippen LogP contribution in [-0.2, 0) is 19.4 Å². The van der Waals surface area contributed by atoms with Gasteiger partial charge in [0.15, 0.2) is 0 Å². The van der Waals surface area contributed by atoms with E-state index in [4.69, 9.17) is 21.4 Å². The summed E-state index contributed by atoms with van der Waals surface area (Å²) in [6.45, 7) is 0.474. The molecule has 3 rings (SSSR count). The summed E-state index contributed by atoms with van der Waals surface area (Å²) in [5.74, 6) is -0.137. The number of ether oxygens (including phenoxy) is 1. The molecule has 0 aliphatic carbocycles. The average Bonchev–Trinajstić information content (AvgIpc) is 2.66. The van der Waals surface area contributed by atoms with E-state index in [0.717, 1.165) is 39.8 Å². The van der Waals surface area contributed by atoms with E-state index in [1.165, 1.54) is 0 Å². The molecule has 3 nitrogen and oxygen atoms in total. The molecule has 0 radical (unpaired) electrons. The molecule has 0 unspecified atom stereocenters. The Balaban J connectivity index is 0.00000280. The van der Waals surface area contributed by atoms with E-state index in [-0.39, 0.29) is 35.1 Å². The third kappa shape index (κ3) is 6.36. The van der Waals surface area contributed by atoms with Crippen LogP contribution in [0.2, 0.25) is 5.02 Å². The van der Waals surface area contributed by atoms with Crippen molar-refractivity contribution in [3.05, 3.63) is 98.5 Å². The van der Waals surface area contributed by atoms with Crippen molar-refractivity contribution < 1.29 is 14.6 Å². The Morgan fingerprint density at radius 1 is 0.964 bits per heavy atom. The second kappa shape index (κ2) is 11.0. The number of aryl methyl sites for hydroxylation is 2. The van der Waals surface area contributed by atoms with Crippen LogP contribution in [0.4, 0.5) is 0 Å². The summed E-state index contributed by atoms with van der Waals surface area (Å²) in [6.07, 6.45) is 1.49. The Hall–Kier alpha value is -1.30. The maximum absolute atomic E-state index is 11.0. The predicted octanol–water partition coefficient (Wildman–Crippen LogP) is 5.52. The van der Waals surface area contributed by atoms with Gasteiger partial charge in [0, 0.05) is 5.02 Å². The summed E-state index contributed by atoms with van der Waals surface area (Å²) < 4.78 is 6.89. The van der Waals surface area contributed by atoms with Crippen molar-refractivity contribution in [1.82, 2.24) is 0 Å². The Bertz CT molecular complexity index is 931. The van der Waals surface area contributed by atoms with E-state index in [0.29, 0.717) is 11.6 Å². The van der Waals surface area contributed by atoms with Gasteiger partial charge in [-0.25, -0.2) is 4.79 Å². The fraction of sp³-hybridized carbons (Fsp3) is 0.136. The average molecular weight is 470 g/mol. The monoisotopic (exact) mass is 468 g/mol. The zero-order chi connectivity index (χ0) is 19.2. The number of carboxylic acids is 1. The third-order valence-electron chi connectivity index (χ3n) is 4.20. The Labute approximate surface area is 200 Å². The van der Waals surface area contributed by atoms with Crippen molar-refractivity contribution in [2.45, 2.75) is 19.4 Å². The maximum atomic E-state index is 11.0. The van der Waals surface area contributed by atoms with E-state index >= 15 is 0 Å². The fourth-order valence-corrected chi connectivity index (χ4v) is 3.77.